The number of nitrogens with one attached hydrogen (secondary N) is 1. The smallest absolute Gasteiger partial charge is 0.236 e. The zero-order chi connectivity index (χ0) is 9.68. The Morgan fingerprint density at radius 3 is 2.77 bits per heavy atom. The summed E-state index contributed by atoms with van der Waals surface area (Å²) < 4.78 is 5.22. The predicted molar refractivity (Wildman–Crippen MR) is 50.2 cm³/mol. The maximum atomic E-state index is 11.1. The lowest BCUT2D eigenvalue weighted by Gasteiger charge is -2.22. The lowest BCUT2D eigenvalue weighted by molar-refractivity contribution is -0.122. The third kappa shape index (κ3) is 3.74. The van der Waals surface area contributed by atoms with Gasteiger partial charge in [-0.1, -0.05) is 0 Å². The highest BCUT2D eigenvalue weighted by Gasteiger charge is 2.15. The van der Waals surface area contributed by atoms with Crippen molar-refractivity contribution in [3.63, 3.8) is 0 Å². The number of amides is 1. The highest BCUT2D eigenvalue weighted by Crippen LogP contribution is 2.12. The molecule has 0 unspecified atom stereocenters. The van der Waals surface area contributed by atoms with Crippen LogP contribution in [-0.2, 0) is 9.53 Å². The molecular formula is C9H18N2O2. The van der Waals surface area contributed by atoms with Crippen molar-refractivity contribution in [3.8, 4) is 0 Å². The lowest BCUT2D eigenvalue weighted by atomic mass is 10.0. The van der Waals surface area contributed by atoms with E-state index in [4.69, 9.17) is 10.5 Å². The molecule has 0 aromatic carbocycles. The summed E-state index contributed by atoms with van der Waals surface area (Å²) >= 11 is 0. The Morgan fingerprint density at radius 1 is 1.62 bits per heavy atom. The van der Waals surface area contributed by atoms with Crippen LogP contribution in [-0.4, -0.2) is 31.7 Å². The van der Waals surface area contributed by atoms with Crippen molar-refractivity contribution in [2.24, 2.45) is 11.7 Å². The van der Waals surface area contributed by atoms with Crippen LogP contribution in [0.4, 0.5) is 0 Å². The summed E-state index contributed by atoms with van der Waals surface area (Å²) in [5.41, 5.74) is 5.41. The van der Waals surface area contributed by atoms with E-state index in [1.54, 1.807) is 6.92 Å². The zero-order valence-electron chi connectivity index (χ0n) is 8.08. The van der Waals surface area contributed by atoms with Gasteiger partial charge in [-0.2, -0.15) is 0 Å². The summed E-state index contributed by atoms with van der Waals surface area (Å²) in [5, 5.41) is 2.83. The molecule has 0 bridgehead atoms. The Bertz CT molecular complexity index is 165. The zero-order valence-corrected chi connectivity index (χ0v) is 8.08. The van der Waals surface area contributed by atoms with Gasteiger partial charge in [-0.3, -0.25) is 4.79 Å². The lowest BCUT2D eigenvalue weighted by Crippen LogP contribution is -2.41. The molecule has 1 aliphatic rings. The Hall–Kier alpha value is -0.610. The fraction of sp³-hybridized carbons (Fsp3) is 0.889. The molecule has 1 saturated heterocycles. The van der Waals surface area contributed by atoms with Crippen molar-refractivity contribution in [1.29, 1.82) is 0 Å². The van der Waals surface area contributed by atoms with Gasteiger partial charge in [-0.25, -0.2) is 0 Å². The standard InChI is InChI=1S/C9H18N2O2/c1-7(10)9(12)11-6-8-2-4-13-5-3-8/h7-8H,2-6,10H2,1H3,(H,11,12)/t7-/m0/s1. The number of carbonyl (C=O) groups is 1. The number of hydrogen-bond donors (Lipinski definition) is 2. The van der Waals surface area contributed by atoms with Crippen LogP contribution >= 0.6 is 0 Å². The van der Waals surface area contributed by atoms with Crippen molar-refractivity contribution >= 4 is 5.91 Å². The van der Waals surface area contributed by atoms with E-state index in [1.807, 2.05) is 0 Å². The molecule has 0 aromatic rings. The number of ether oxygens (including phenoxy) is 1. The van der Waals surface area contributed by atoms with Gasteiger partial charge in [0, 0.05) is 19.8 Å². The Kier molecular flexibility index (Phi) is 4.18. The van der Waals surface area contributed by atoms with E-state index in [2.05, 4.69) is 5.32 Å². The van der Waals surface area contributed by atoms with Gasteiger partial charge in [0.05, 0.1) is 6.04 Å². The molecule has 4 heteroatoms. The topological polar surface area (TPSA) is 64.4 Å². The Morgan fingerprint density at radius 2 is 2.23 bits per heavy atom. The van der Waals surface area contributed by atoms with Crippen molar-refractivity contribution in [3.05, 3.63) is 0 Å². The number of rotatable bonds is 3. The van der Waals surface area contributed by atoms with Crippen LogP contribution in [0, 0.1) is 5.92 Å². The van der Waals surface area contributed by atoms with Crippen LogP contribution < -0.4 is 11.1 Å². The molecular weight excluding hydrogens is 168 g/mol. The monoisotopic (exact) mass is 186 g/mol. The molecule has 4 nitrogen and oxygen atoms in total. The minimum absolute atomic E-state index is 0.0634. The highest BCUT2D eigenvalue weighted by molar-refractivity contribution is 5.80. The maximum absolute atomic E-state index is 11.1. The van der Waals surface area contributed by atoms with Crippen molar-refractivity contribution in [2.75, 3.05) is 19.8 Å². The molecule has 1 amide bonds. The normalized spacial score (nSPS) is 21.1. The van der Waals surface area contributed by atoms with E-state index in [1.165, 1.54) is 0 Å². The van der Waals surface area contributed by atoms with Gasteiger partial charge in [0.15, 0.2) is 0 Å². The second kappa shape index (κ2) is 5.19. The fourth-order valence-corrected chi connectivity index (χ4v) is 1.36. The van der Waals surface area contributed by atoms with E-state index in [9.17, 15) is 4.79 Å². The van der Waals surface area contributed by atoms with E-state index in [-0.39, 0.29) is 5.91 Å². The van der Waals surface area contributed by atoms with Crippen molar-refractivity contribution < 1.29 is 9.53 Å². The third-order valence-corrected chi connectivity index (χ3v) is 2.32. The second-order valence-corrected chi connectivity index (χ2v) is 3.59. The Labute approximate surface area is 78.8 Å². The maximum Gasteiger partial charge on any atom is 0.236 e. The van der Waals surface area contributed by atoms with E-state index in [0.29, 0.717) is 5.92 Å². The first-order chi connectivity index (χ1) is 6.20. The Balaban J connectivity index is 2.13. The van der Waals surface area contributed by atoms with Crippen molar-refractivity contribution in [2.45, 2.75) is 25.8 Å². The van der Waals surface area contributed by atoms with Crippen LogP contribution in [0.3, 0.4) is 0 Å². The average Bonchev–Trinajstić information content (AvgIpc) is 2.15. The molecule has 1 heterocycles. The molecule has 1 aliphatic heterocycles. The summed E-state index contributed by atoms with van der Waals surface area (Å²) in [6.45, 7) is 4.07. The molecule has 1 atom stereocenters. The third-order valence-electron chi connectivity index (χ3n) is 2.32. The molecule has 1 fully saturated rings. The van der Waals surface area contributed by atoms with Gasteiger partial charge in [0.25, 0.3) is 0 Å². The van der Waals surface area contributed by atoms with Crippen LogP contribution in [0.5, 0.6) is 0 Å². The molecule has 0 spiro atoms. The fourth-order valence-electron chi connectivity index (χ4n) is 1.36. The van der Waals surface area contributed by atoms with E-state index >= 15 is 0 Å². The number of carbonyl (C=O) groups excluding carboxylic acids is 1. The van der Waals surface area contributed by atoms with Crippen LogP contribution in [0.25, 0.3) is 0 Å². The minimum Gasteiger partial charge on any atom is -0.381 e. The molecule has 0 saturated carbocycles. The number of nitrogens with two attached hydrogens (primary N) is 1. The minimum atomic E-state index is -0.403. The van der Waals surface area contributed by atoms with Crippen molar-refractivity contribution in [1.82, 2.24) is 5.32 Å². The largest absolute Gasteiger partial charge is 0.381 e. The summed E-state index contributed by atoms with van der Waals surface area (Å²) in [7, 11) is 0. The summed E-state index contributed by atoms with van der Waals surface area (Å²) in [5.74, 6) is 0.503. The SMILES string of the molecule is C[C@H](N)C(=O)NCC1CCOCC1. The number of hydrogen-bond acceptors (Lipinski definition) is 3. The average molecular weight is 186 g/mol. The summed E-state index contributed by atoms with van der Waals surface area (Å²) in [4.78, 5) is 11.1. The molecule has 0 radical (unpaired) electrons. The second-order valence-electron chi connectivity index (χ2n) is 3.59. The first-order valence-corrected chi connectivity index (χ1v) is 4.81. The van der Waals surface area contributed by atoms with Gasteiger partial charge < -0.3 is 15.8 Å². The van der Waals surface area contributed by atoms with E-state index < -0.39 is 6.04 Å². The molecule has 1 rings (SSSR count). The summed E-state index contributed by atoms with van der Waals surface area (Å²) in [6.07, 6.45) is 2.08. The summed E-state index contributed by atoms with van der Waals surface area (Å²) in [6, 6.07) is -0.403. The first-order valence-electron chi connectivity index (χ1n) is 4.81. The van der Waals surface area contributed by atoms with Gasteiger partial charge in [0.2, 0.25) is 5.91 Å². The predicted octanol–water partition coefficient (Wildman–Crippen LogP) is -0.124. The molecule has 0 aliphatic carbocycles. The van der Waals surface area contributed by atoms with Gasteiger partial charge in [0.1, 0.15) is 0 Å². The van der Waals surface area contributed by atoms with E-state index in [0.717, 1.165) is 32.6 Å². The van der Waals surface area contributed by atoms with Gasteiger partial charge in [-0.05, 0) is 25.7 Å². The quantitative estimate of drug-likeness (QED) is 0.645. The first kappa shape index (κ1) is 10.5. The molecule has 76 valence electrons. The van der Waals surface area contributed by atoms with Crippen LogP contribution in [0.1, 0.15) is 19.8 Å². The van der Waals surface area contributed by atoms with Crippen LogP contribution in [0.15, 0.2) is 0 Å². The van der Waals surface area contributed by atoms with Gasteiger partial charge in [-0.15, -0.1) is 0 Å². The van der Waals surface area contributed by atoms with Gasteiger partial charge >= 0.3 is 0 Å². The highest BCUT2D eigenvalue weighted by atomic mass is 16.5. The van der Waals surface area contributed by atoms with Crippen LogP contribution in [0.2, 0.25) is 0 Å². The molecule has 0 aromatic heterocycles. The molecule has 13 heavy (non-hydrogen) atoms. The molecule has 3 N–H and O–H groups in total.